The topological polar surface area (TPSA) is 32.5 Å². The van der Waals surface area contributed by atoms with Gasteiger partial charge in [0.05, 0.1) is 6.04 Å². The zero-order chi connectivity index (χ0) is 15.8. The molecular formula is C17H30BrN3. The second-order valence-electron chi connectivity index (χ2n) is 5.88. The second-order valence-corrected chi connectivity index (χ2v) is 6.73. The fraction of sp³-hybridized carbons (Fsp3) is 0.647. The summed E-state index contributed by atoms with van der Waals surface area (Å²) in [7, 11) is 4.24. The number of rotatable bonds is 9. The quantitative estimate of drug-likeness (QED) is 0.735. The molecule has 1 aromatic carbocycles. The molecule has 3 nitrogen and oxygen atoms in total. The van der Waals surface area contributed by atoms with Gasteiger partial charge in [-0.25, -0.2) is 0 Å². The van der Waals surface area contributed by atoms with Gasteiger partial charge in [0.25, 0.3) is 0 Å². The van der Waals surface area contributed by atoms with Crippen molar-refractivity contribution in [1.82, 2.24) is 9.80 Å². The Morgan fingerprint density at radius 1 is 1.10 bits per heavy atom. The summed E-state index contributed by atoms with van der Waals surface area (Å²) in [5.74, 6) is 0. The van der Waals surface area contributed by atoms with E-state index in [1.54, 1.807) is 0 Å². The molecule has 2 unspecified atom stereocenters. The van der Waals surface area contributed by atoms with Crippen molar-refractivity contribution in [3.05, 3.63) is 34.3 Å². The van der Waals surface area contributed by atoms with Crippen LogP contribution in [0.1, 0.15) is 38.3 Å². The molecule has 0 aliphatic heterocycles. The molecule has 2 atom stereocenters. The van der Waals surface area contributed by atoms with Crippen LogP contribution in [0.25, 0.3) is 0 Å². The molecule has 0 spiro atoms. The summed E-state index contributed by atoms with van der Waals surface area (Å²) in [6.07, 6.45) is 2.12. The van der Waals surface area contributed by atoms with Crippen molar-refractivity contribution in [3.8, 4) is 0 Å². The van der Waals surface area contributed by atoms with Gasteiger partial charge < -0.3 is 10.6 Å². The minimum Gasteiger partial charge on any atom is -0.326 e. The zero-order valence-electron chi connectivity index (χ0n) is 13.8. The van der Waals surface area contributed by atoms with Gasteiger partial charge in [0.1, 0.15) is 0 Å². The van der Waals surface area contributed by atoms with Crippen molar-refractivity contribution in [2.45, 2.75) is 38.8 Å². The highest BCUT2D eigenvalue weighted by Gasteiger charge is 2.26. The first-order chi connectivity index (χ1) is 10.0. The number of halogens is 1. The summed E-state index contributed by atoms with van der Waals surface area (Å²) in [5.41, 5.74) is 7.78. The van der Waals surface area contributed by atoms with Crippen LogP contribution in [0, 0.1) is 0 Å². The van der Waals surface area contributed by atoms with Crippen LogP contribution in [-0.2, 0) is 0 Å². The van der Waals surface area contributed by atoms with Crippen LogP contribution in [-0.4, -0.2) is 49.6 Å². The first kappa shape index (κ1) is 18.6. The van der Waals surface area contributed by atoms with E-state index in [4.69, 9.17) is 5.73 Å². The van der Waals surface area contributed by atoms with Crippen LogP contribution in [0.5, 0.6) is 0 Å². The Morgan fingerprint density at radius 3 is 2.29 bits per heavy atom. The number of nitrogens with zero attached hydrogens (tertiary/aromatic N) is 2. The van der Waals surface area contributed by atoms with E-state index in [-0.39, 0.29) is 12.1 Å². The van der Waals surface area contributed by atoms with E-state index < -0.39 is 0 Å². The Hall–Kier alpha value is -0.420. The average molecular weight is 356 g/mol. The highest BCUT2D eigenvalue weighted by molar-refractivity contribution is 9.10. The van der Waals surface area contributed by atoms with Crippen molar-refractivity contribution in [1.29, 1.82) is 0 Å². The van der Waals surface area contributed by atoms with Crippen molar-refractivity contribution < 1.29 is 0 Å². The number of hydrogen-bond donors (Lipinski definition) is 1. The molecule has 1 aromatic rings. The second kappa shape index (κ2) is 9.57. The SMILES string of the molecule is CCCN(CCN(C)C)C(c1ccccc1Br)C(N)CC. The molecule has 2 N–H and O–H groups in total. The third-order valence-corrected chi connectivity index (χ3v) is 4.56. The third kappa shape index (κ3) is 5.70. The van der Waals surface area contributed by atoms with E-state index in [0.717, 1.165) is 36.9 Å². The molecule has 21 heavy (non-hydrogen) atoms. The Labute approximate surface area is 138 Å². The normalized spacial score (nSPS) is 14.7. The summed E-state index contributed by atoms with van der Waals surface area (Å²) in [4.78, 5) is 4.77. The molecule has 0 amide bonds. The predicted molar refractivity (Wildman–Crippen MR) is 95.6 cm³/mol. The zero-order valence-corrected chi connectivity index (χ0v) is 15.4. The van der Waals surface area contributed by atoms with Crippen molar-refractivity contribution in [2.75, 3.05) is 33.7 Å². The molecule has 0 fully saturated rings. The minimum atomic E-state index is 0.150. The van der Waals surface area contributed by atoms with E-state index in [0.29, 0.717) is 0 Å². The largest absolute Gasteiger partial charge is 0.326 e. The van der Waals surface area contributed by atoms with Gasteiger partial charge in [-0.05, 0) is 45.1 Å². The van der Waals surface area contributed by atoms with Gasteiger partial charge in [0.2, 0.25) is 0 Å². The van der Waals surface area contributed by atoms with Crippen LogP contribution in [0.2, 0.25) is 0 Å². The van der Waals surface area contributed by atoms with Crippen molar-refractivity contribution >= 4 is 15.9 Å². The molecule has 120 valence electrons. The Morgan fingerprint density at radius 2 is 1.76 bits per heavy atom. The highest BCUT2D eigenvalue weighted by atomic mass is 79.9. The van der Waals surface area contributed by atoms with Gasteiger partial charge in [0, 0.05) is 23.6 Å². The molecular weight excluding hydrogens is 326 g/mol. The summed E-state index contributed by atoms with van der Waals surface area (Å²) in [5, 5.41) is 0. The van der Waals surface area contributed by atoms with Crippen molar-refractivity contribution in [3.63, 3.8) is 0 Å². The molecule has 0 aliphatic rings. The smallest absolute Gasteiger partial charge is 0.0510 e. The maximum Gasteiger partial charge on any atom is 0.0510 e. The fourth-order valence-corrected chi connectivity index (χ4v) is 3.16. The Kier molecular flexibility index (Phi) is 8.49. The first-order valence-corrected chi connectivity index (χ1v) is 8.69. The lowest BCUT2D eigenvalue weighted by Crippen LogP contribution is -2.44. The summed E-state index contributed by atoms with van der Waals surface area (Å²) < 4.78 is 1.16. The van der Waals surface area contributed by atoms with Gasteiger partial charge in [0.15, 0.2) is 0 Å². The molecule has 0 radical (unpaired) electrons. The van der Waals surface area contributed by atoms with Gasteiger partial charge in [-0.1, -0.05) is 48.0 Å². The summed E-state index contributed by atoms with van der Waals surface area (Å²) in [6.45, 7) is 7.58. The van der Waals surface area contributed by atoms with Crippen LogP contribution in [0.15, 0.2) is 28.7 Å². The average Bonchev–Trinajstić information content (AvgIpc) is 2.46. The molecule has 0 saturated heterocycles. The number of hydrogen-bond acceptors (Lipinski definition) is 3. The monoisotopic (exact) mass is 355 g/mol. The number of nitrogens with two attached hydrogens (primary N) is 1. The number of benzene rings is 1. The Bertz CT molecular complexity index is 409. The molecule has 0 bridgehead atoms. The number of likely N-dealkylation sites (N-methyl/N-ethyl adjacent to an activating group) is 1. The molecule has 4 heteroatoms. The van der Waals surface area contributed by atoms with E-state index >= 15 is 0 Å². The molecule has 0 saturated carbocycles. The van der Waals surface area contributed by atoms with Crippen LogP contribution in [0.4, 0.5) is 0 Å². The van der Waals surface area contributed by atoms with Gasteiger partial charge in [-0.2, -0.15) is 0 Å². The maximum atomic E-state index is 6.48. The standard InChI is InChI=1S/C17H30BrN3/c1-5-11-21(13-12-20(3)4)17(16(19)6-2)14-9-7-8-10-15(14)18/h7-10,16-17H,5-6,11-13,19H2,1-4H3. The Balaban J connectivity index is 3.05. The molecule has 0 heterocycles. The van der Waals surface area contributed by atoms with E-state index in [9.17, 15) is 0 Å². The van der Waals surface area contributed by atoms with E-state index in [1.165, 1.54) is 5.56 Å². The van der Waals surface area contributed by atoms with Crippen molar-refractivity contribution in [2.24, 2.45) is 5.73 Å². The minimum absolute atomic E-state index is 0.150. The van der Waals surface area contributed by atoms with Crippen LogP contribution in [0.3, 0.4) is 0 Å². The highest BCUT2D eigenvalue weighted by Crippen LogP contribution is 2.31. The molecule has 0 aliphatic carbocycles. The van der Waals surface area contributed by atoms with Gasteiger partial charge in [-0.3, -0.25) is 4.90 Å². The van der Waals surface area contributed by atoms with E-state index in [2.05, 4.69) is 77.9 Å². The summed E-state index contributed by atoms with van der Waals surface area (Å²) in [6, 6.07) is 8.89. The maximum absolute atomic E-state index is 6.48. The van der Waals surface area contributed by atoms with Gasteiger partial charge >= 0.3 is 0 Å². The lowest BCUT2D eigenvalue weighted by Gasteiger charge is -2.36. The lowest BCUT2D eigenvalue weighted by atomic mass is 9.96. The van der Waals surface area contributed by atoms with E-state index in [1.807, 2.05) is 0 Å². The van der Waals surface area contributed by atoms with Crippen LogP contribution >= 0.6 is 15.9 Å². The summed E-state index contributed by atoms with van der Waals surface area (Å²) >= 11 is 3.70. The molecule has 1 rings (SSSR count). The fourth-order valence-electron chi connectivity index (χ4n) is 2.64. The van der Waals surface area contributed by atoms with Gasteiger partial charge in [-0.15, -0.1) is 0 Å². The molecule has 0 aromatic heterocycles. The first-order valence-electron chi connectivity index (χ1n) is 7.90. The van der Waals surface area contributed by atoms with Crippen LogP contribution < -0.4 is 5.73 Å². The third-order valence-electron chi connectivity index (χ3n) is 3.84. The predicted octanol–water partition coefficient (Wildman–Crippen LogP) is 3.50. The lowest BCUT2D eigenvalue weighted by molar-refractivity contribution is 0.154.